The van der Waals surface area contributed by atoms with E-state index in [1.54, 1.807) is 12.1 Å². The van der Waals surface area contributed by atoms with Gasteiger partial charge in [0.25, 0.3) is 0 Å². The van der Waals surface area contributed by atoms with Crippen LogP contribution in [0.15, 0.2) is 24.3 Å². The molecule has 1 aromatic rings. The highest BCUT2D eigenvalue weighted by molar-refractivity contribution is 6.53. The van der Waals surface area contributed by atoms with Gasteiger partial charge in [-0.05, 0) is 37.1 Å². The van der Waals surface area contributed by atoms with Crippen molar-refractivity contribution in [2.75, 3.05) is 18.6 Å². The first kappa shape index (κ1) is 18.4. The Kier molecular flexibility index (Phi) is 5.74. The van der Waals surface area contributed by atoms with Crippen molar-refractivity contribution in [3.63, 3.8) is 0 Å². The largest absolute Gasteiger partial charge is 0.497 e. The Morgan fingerprint density at radius 2 is 1.68 bits per heavy atom. The average Bonchev–Trinajstić information content (AvgIpc) is 2.83. The fourth-order valence-corrected chi connectivity index (χ4v) is 2.51. The number of carbonyl (C=O) groups excluding carboxylic acids is 4. The third-order valence-electron chi connectivity index (χ3n) is 4.04. The van der Waals surface area contributed by atoms with E-state index in [-0.39, 0.29) is 11.7 Å². The van der Waals surface area contributed by atoms with Gasteiger partial charge in [0.1, 0.15) is 12.3 Å². The summed E-state index contributed by atoms with van der Waals surface area (Å²) in [6.07, 6.45) is 1.47. The molecular formula is C17H21N3O5. The highest BCUT2D eigenvalue weighted by atomic mass is 16.5. The van der Waals surface area contributed by atoms with Gasteiger partial charge in [0.15, 0.2) is 0 Å². The third-order valence-corrected chi connectivity index (χ3v) is 4.04. The number of benzene rings is 1. The van der Waals surface area contributed by atoms with Crippen molar-refractivity contribution in [1.82, 2.24) is 10.2 Å². The highest BCUT2D eigenvalue weighted by Gasteiger charge is 2.46. The van der Waals surface area contributed by atoms with E-state index in [2.05, 4.69) is 5.32 Å². The van der Waals surface area contributed by atoms with Crippen LogP contribution in [-0.4, -0.2) is 48.3 Å². The van der Waals surface area contributed by atoms with Crippen molar-refractivity contribution in [2.24, 2.45) is 0 Å². The zero-order valence-electron chi connectivity index (χ0n) is 14.4. The maximum Gasteiger partial charge on any atom is 0.339 e. The van der Waals surface area contributed by atoms with Gasteiger partial charge in [0.2, 0.25) is 5.91 Å². The highest BCUT2D eigenvalue weighted by Crippen LogP contribution is 2.24. The van der Waals surface area contributed by atoms with E-state index in [0.29, 0.717) is 10.6 Å². The summed E-state index contributed by atoms with van der Waals surface area (Å²) in [6, 6.07) is 5.27. The van der Waals surface area contributed by atoms with E-state index in [1.807, 2.05) is 13.8 Å². The molecule has 1 N–H and O–H groups in total. The first-order valence-electron chi connectivity index (χ1n) is 8.06. The number of ether oxygens (including phenoxy) is 1. The molecule has 0 bridgehead atoms. The van der Waals surface area contributed by atoms with E-state index in [1.165, 1.54) is 19.2 Å². The van der Waals surface area contributed by atoms with Gasteiger partial charge < -0.3 is 10.1 Å². The quantitative estimate of drug-likeness (QED) is 0.592. The predicted molar refractivity (Wildman–Crippen MR) is 90.1 cm³/mol. The van der Waals surface area contributed by atoms with Gasteiger partial charge in [-0.15, -0.1) is 0 Å². The summed E-state index contributed by atoms with van der Waals surface area (Å²) >= 11 is 0. The monoisotopic (exact) mass is 347 g/mol. The lowest BCUT2D eigenvalue weighted by molar-refractivity contribution is -0.140. The lowest BCUT2D eigenvalue weighted by Crippen LogP contribution is -2.44. The zero-order valence-corrected chi connectivity index (χ0v) is 14.4. The molecule has 0 aliphatic carbocycles. The normalized spacial score (nSPS) is 14.5. The summed E-state index contributed by atoms with van der Waals surface area (Å²) in [7, 11) is 1.49. The smallest absolute Gasteiger partial charge is 0.339 e. The Morgan fingerprint density at radius 1 is 1.08 bits per heavy atom. The maximum atomic E-state index is 12.4. The van der Waals surface area contributed by atoms with Gasteiger partial charge in [-0.3, -0.25) is 14.4 Å². The summed E-state index contributed by atoms with van der Waals surface area (Å²) in [6.45, 7) is 3.37. The number of hydrogen-bond acceptors (Lipinski definition) is 5. The Morgan fingerprint density at radius 3 is 2.20 bits per heavy atom. The molecule has 0 atom stereocenters. The van der Waals surface area contributed by atoms with Crippen LogP contribution in [0.1, 0.15) is 26.7 Å². The van der Waals surface area contributed by atoms with Crippen LogP contribution in [0, 0.1) is 0 Å². The molecule has 1 aromatic carbocycles. The SMILES string of the molecule is CCC(CC)NC(=O)CN1C(=O)C(=O)N(c2ccc(OC)cc2)C1=O. The third kappa shape index (κ3) is 3.78. The Hall–Kier alpha value is -2.90. The molecule has 1 heterocycles. The van der Waals surface area contributed by atoms with E-state index in [9.17, 15) is 19.2 Å². The van der Waals surface area contributed by atoms with E-state index in [4.69, 9.17) is 4.74 Å². The van der Waals surface area contributed by atoms with Crippen molar-refractivity contribution < 1.29 is 23.9 Å². The van der Waals surface area contributed by atoms with Crippen LogP contribution in [0.3, 0.4) is 0 Å². The molecule has 1 aliphatic heterocycles. The minimum atomic E-state index is -1.01. The molecule has 5 amide bonds. The number of rotatable bonds is 7. The number of hydrogen-bond donors (Lipinski definition) is 1. The molecule has 1 fully saturated rings. The van der Waals surface area contributed by atoms with Crippen molar-refractivity contribution in [3.8, 4) is 5.75 Å². The first-order chi connectivity index (χ1) is 11.9. The summed E-state index contributed by atoms with van der Waals surface area (Å²) in [5.74, 6) is -1.92. The molecule has 2 rings (SSSR count). The lowest BCUT2D eigenvalue weighted by atomic mass is 10.2. The van der Waals surface area contributed by atoms with Crippen molar-refractivity contribution in [2.45, 2.75) is 32.7 Å². The first-order valence-corrected chi connectivity index (χ1v) is 8.06. The number of nitrogens with zero attached hydrogens (tertiary/aromatic N) is 2. The van der Waals surface area contributed by atoms with E-state index < -0.39 is 30.3 Å². The van der Waals surface area contributed by atoms with Crippen LogP contribution in [0.25, 0.3) is 0 Å². The zero-order chi connectivity index (χ0) is 18.6. The molecule has 134 valence electrons. The maximum absolute atomic E-state index is 12.4. The number of imide groups is 2. The van der Waals surface area contributed by atoms with Gasteiger partial charge >= 0.3 is 17.8 Å². The number of carbonyl (C=O) groups is 4. The molecular weight excluding hydrogens is 326 g/mol. The molecule has 0 radical (unpaired) electrons. The van der Waals surface area contributed by atoms with Crippen molar-refractivity contribution in [1.29, 1.82) is 0 Å². The van der Waals surface area contributed by atoms with Crippen LogP contribution in [0.5, 0.6) is 5.75 Å². The molecule has 0 spiro atoms. The van der Waals surface area contributed by atoms with Crippen molar-refractivity contribution >= 4 is 29.4 Å². The molecule has 0 saturated carbocycles. The second-order valence-electron chi connectivity index (χ2n) is 5.59. The van der Waals surface area contributed by atoms with Gasteiger partial charge in [0, 0.05) is 6.04 Å². The summed E-state index contributed by atoms with van der Waals surface area (Å²) in [5, 5.41) is 2.74. The molecule has 1 aliphatic rings. The molecule has 8 nitrogen and oxygen atoms in total. The molecule has 0 aromatic heterocycles. The second kappa shape index (κ2) is 7.78. The summed E-state index contributed by atoms with van der Waals surface area (Å²) < 4.78 is 5.02. The number of urea groups is 1. The van der Waals surface area contributed by atoms with Gasteiger partial charge in [-0.25, -0.2) is 14.6 Å². The minimum Gasteiger partial charge on any atom is -0.497 e. The number of methoxy groups -OCH3 is 1. The second-order valence-corrected chi connectivity index (χ2v) is 5.59. The summed E-state index contributed by atoms with van der Waals surface area (Å²) in [4.78, 5) is 50.1. The standard InChI is InChI=1S/C17H21N3O5/c1-4-11(5-2)18-14(21)10-19-15(22)16(23)20(17(19)24)12-6-8-13(25-3)9-7-12/h6-9,11H,4-5,10H2,1-3H3,(H,18,21). The molecule has 25 heavy (non-hydrogen) atoms. The van der Waals surface area contributed by atoms with Crippen LogP contribution < -0.4 is 15.0 Å². The lowest BCUT2D eigenvalue weighted by Gasteiger charge is -2.18. The topological polar surface area (TPSA) is 96.0 Å². The Balaban J connectivity index is 2.14. The Labute approximate surface area is 145 Å². The number of anilines is 1. The predicted octanol–water partition coefficient (Wildman–Crippen LogP) is 1.30. The van der Waals surface area contributed by atoms with E-state index in [0.717, 1.165) is 17.7 Å². The van der Waals surface area contributed by atoms with Gasteiger partial charge in [-0.2, -0.15) is 0 Å². The van der Waals surface area contributed by atoms with Crippen LogP contribution in [0.2, 0.25) is 0 Å². The fourth-order valence-electron chi connectivity index (χ4n) is 2.51. The van der Waals surface area contributed by atoms with Crippen molar-refractivity contribution in [3.05, 3.63) is 24.3 Å². The number of amides is 5. The van der Waals surface area contributed by atoms with Crippen LogP contribution >= 0.6 is 0 Å². The van der Waals surface area contributed by atoms with Crippen LogP contribution in [-0.2, 0) is 14.4 Å². The van der Waals surface area contributed by atoms with Crippen LogP contribution in [0.4, 0.5) is 10.5 Å². The molecule has 8 heteroatoms. The van der Waals surface area contributed by atoms with Gasteiger partial charge in [-0.1, -0.05) is 13.8 Å². The molecule has 1 saturated heterocycles. The van der Waals surface area contributed by atoms with E-state index >= 15 is 0 Å². The minimum absolute atomic E-state index is 0.0336. The summed E-state index contributed by atoms with van der Waals surface area (Å²) in [5.41, 5.74) is 0.243. The molecule has 0 unspecified atom stereocenters. The Bertz CT molecular complexity index is 682. The fraction of sp³-hybridized carbons (Fsp3) is 0.412. The average molecular weight is 347 g/mol. The number of nitrogens with one attached hydrogen (secondary N) is 1. The van der Waals surface area contributed by atoms with Gasteiger partial charge in [0.05, 0.1) is 12.8 Å².